The molecule has 16 heavy (non-hydrogen) atoms. The number of fused-ring (bicyclic) bond motifs is 2. The van der Waals surface area contributed by atoms with Gasteiger partial charge in [0, 0.05) is 6.04 Å². The fourth-order valence-corrected chi connectivity index (χ4v) is 3.22. The van der Waals surface area contributed by atoms with Gasteiger partial charge in [-0.05, 0) is 55.9 Å². The Morgan fingerprint density at radius 1 is 1.25 bits per heavy atom. The van der Waals surface area contributed by atoms with E-state index in [1.54, 1.807) is 0 Å². The number of nitrogens with one attached hydrogen (secondary N) is 1. The van der Waals surface area contributed by atoms with Gasteiger partial charge >= 0.3 is 0 Å². The van der Waals surface area contributed by atoms with Crippen LogP contribution in [0.3, 0.4) is 0 Å². The highest BCUT2D eigenvalue weighted by Crippen LogP contribution is 2.44. The maximum Gasteiger partial charge on any atom is 0.00728 e. The lowest BCUT2D eigenvalue weighted by Crippen LogP contribution is -2.37. The molecule has 0 heterocycles. The zero-order valence-electron chi connectivity index (χ0n) is 11.3. The van der Waals surface area contributed by atoms with Crippen molar-refractivity contribution < 1.29 is 0 Å². The standard InChI is InChI=1S/C15H27N/c1-11(16-8-7-15(2,3)4)14-10-12-5-6-13(14)9-12/h5-6,11-14,16H,7-10H2,1-4H3. The molecule has 0 radical (unpaired) electrons. The van der Waals surface area contributed by atoms with E-state index in [1.165, 1.54) is 25.8 Å². The van der Waals surface area contributed by atoms with E-state index in [4.69, 9.17) is 0 Å². The van der Waals surface area contributed by atoms with Crippen LogP contribution in [0, 0.1) is 23.2 Å². The second kappa shape index (κ2) is 4.52. The predicted molar refractivity (Wildman–Crippen MR) is 70.4 cm³/mol. The summed E-state index contributed by atoms with van der Waals surface area (Å²) in [6.45, 7) is 10.5. The van der Waals surface area contributed by atoms with Crippen LogP contribution in [0.4, 0.5) is 0 Å². The summed E-state index contributed by atoms with van der Waals surface area (Å²) in [5.41, 5.74) is 0.460. The predicted octanol–water partition coefficient (Wildman–Crippen LogP) is 3.61. The monoisotopic (exact) mass is 221 g/mol. The third-order valence-electron chi connectivity index (χ3n) is 4.31. The number of hydrogen-bond acceptors (Lipinski definition) is 1. The van der Waals surface area contributed by atoms with Crippen LogP contribution >= 0.6 is 0 Å². The van der Waals surface area contributed by atoms with Gasteiger partial charge in [0.05, 0.1) is 0 Å². The average molecular weight is 221 g/mol. The summed E-state index contributed by atoms with van der Waals surface area (Å²) in [7, 11) is 0. The maximum absolute atomic E-state index is 3.73. The van der Waals surface area contributed by atoms with Gasteiger partial charge < -0.3 is 5.32 Å². The molecule has 4 atom stereocenters. The fourth-order valence-electron chi connectivity index (χ4n) is 3.22. The van der Waals surface area contributed by atoms with Gasteiger partial charge in [0.25, 0.3) is 0 Å². The molecule has 0 saturated heterocycles. The van der Waals surface area contributed by atoms with Gasteiger partial charge in [0.2, 0.25) is 0 Å². The number of allylic oxidation sites excluding steroid dienone is 2. The summed E-state index contributed by atoms with van der Waals surface area (Å²) < 4.78 is 0. The van der Waals surface area contributed by atoms with Crippen molar-refractivity contribution in [1.29, 1.82) is 0 Å². The van der Waals surface area contributed by atoms with Crippen LogP contribution in [-0.4, -0.2) is 12.6 Å². The van der Waals surface area contributed by atoms with Gasteiger partial charge in [-0.3, -0.25) is 0 Å². The Hall–Kier alpha value is -0.300. The molecule has 0 aromatic heterocycles. The second-order valence-electron chi connectivity index (χ2n) is 7.00. The first-order valence-corrected chi connectivity index (χ1v) is 6.87. The Morgan fingerprint density at radius 3 is 2.50 bits per heavy atom. The first kappa shape index (κ1) is 12.2. The van der Waals surface area contributed by atoms with E-state index in [2.05, 4.69) is 45.2 Å². The number of rotatable bonds is 4. The Balaban J connectivity index is 1.73. The van der Waals surface area contributed by atoms with Gasteiger partial charge in [-0.2, -0.15) is 0 Å². The van der Waals surface area contributed by atoms with Crippen molar-refractivity contribution in [3.05, 3.63) is 12.2 Å². The topological polar surface area (TPSA) is 12.0 Å². The van der Waals surface area contributed by atoms with Crippen LogP contribution in [-0.2, 0) is 0 Å². The molecule has 92 valence electrons. The second-order valence-corrected chi connectivity index (χ2v) is 7.00. The highest BCUT2D eigenvalue weighted by Gasteiger charge is 2.38. The lowest BCUT2D eigenvalue weighted by Gasteiger charge is -2.28. The molecule has 2 rings (SSSR count). The van der Waals surface area contributed by atoms with Crippen molar-refractivity contribution in [2.75, 3.05) is 6.54 Å². The summed E-state index contributed by atoms with van der Waals surface area (Å²) >= 11 is 0. The molecule has 1 N–H and O–H groups in total. The van der Waals surface area contributed by atoms with Crippen molar-refractivity contribution in [3.8, 4) is 0 Å². The zero-order chi connectivity index (χ0) is 11.8. The van der Waals surface area contributed by atoms with Crippen LogP contribution in [0.2, 0.25) is 0 Å². The zero-order valence-corrected chi connectivity index (χ0v) is 11.3. The summed E-state index contributed by atoms with van der Waals surface area (Å²) in [4.78, 5) is 0. The molecule has 0 amide bonds. The Morgan fingerprint density at radius 2 is 2.00 bits per heavy atom. The third kappa shape index (κ3) is 2.88. The molecule has 1 fully saturated rings. The van der Waals surface area contributed by atoms with Crippen LogP contribution < -0.4 is 5.32 Å². The van der Waals surface area contributed by atoms with Crippen molar-refractivity contribution in [2.45, 2.75) is 53.0 Å². The lowest BCUT2D eigenvalue weighted by molar-refractivity contribution is 0.299. The normalized spacial score (nSPS) is 34.6. The van der Waals surface area contributed by atoms with E-state index < -0.39 is 0 Å². The third-order valence-corrected chi connectivity index (χ3v) is 4.31. The first-order chi connectivity index (χ1) is 7.46. The van der Waals surface area contributed by atoms with Gasteiger partial charge in [-0.15, -0.1) is 0 Å². The largest absolute Gasteiger partial charge is 0.314 e. The minimum atomic E-state index is 0.460. The van der Waals surface area contributed by atoms with Crippen molar-refractivity contribution in [2.24, 2.45) is 23.2 Å². The Kier molecular flexibility index (Phi) is 3.44. The summed E-state index contributed by atoms with van der Waals surface area (Å²) in [6.07, 6.45) is 9.01. The van der Waals surface area contributed by atoms with Crippen LogP contribution in [0.5, 0.6) is 0 Å². The molecule has 0 aromatic rings. The van der Waals surface area contributed by atoms with E-state index in [0.717, 1.165) is 17.8 Å². The molecule has 0 aromatic carbocycles. The minimum Gasteiger partial charge on any atom is -0.314 e. The highest BCUT2D eigenvalue weighted by molar-refractivity contribution is 5.11. The van der Waals surface area contributed by atoms with Gasteiger partial charge in [-0.25, -0.2) is 0 Å². The molecule has 1 heteroatoms. The van der Waals surface area contributed by atoms with Crippen molar-refractivity contribution >= 4 is 0 Å². The molecule has 2 bridgehead atoms. The average Bonchev–Trinajstić information content (AvgIpc) is 2.76. The molecule has 0 spiro atoms. The van der Waals surface area contributed by atoms with E-state index in [0.29, 0.717) is 11.5 Å². The van der Waals surface area contributed by atoms with Crippen molar-refractivity contribution in [3.63, 3.8) is 0 Å². The SMILES string of the molecule is CC(NCCC(C)(C)C)C1CC2C=CC1C2. The molecule has 1 nitrogen and oxygen atoms in total. The smallest absolute Gasteiger partial charge is 0.00728 e. The lowest BCUT2D eigenvalue weighted by atomic mass is 9.87. The van der Waals surface area contributed by atoms with E-state index in [9.17, 15) is 0 Å². The van der Waals surface area contributed by atoms with Gasteiger partial charge in [-0.1, -0.05) is 32.9 Å². The van der Waals surface area contributed by atoms with Crippen LogP contribution in [0.15, 0.2) is 12.2 Å². The fraction of sp³-hybridized carbons (Fsp3) is 0.867. The Bertz CT molecular complexity index is 261. The maximum atomic E-state index is 3.73. The molecule has 2 aliphatic carbocycles. The van der Waals surface area contributed by atoms with E-state index >= 15 is 0 Å². The minimum absolute atomic E-state index is 0.460. The quantitative estimate of drug-likeness (QED) is 0.715. The first-order valence-electron chi connectivity index (χ1n) is 6.87. The molecular weight excluding hydrogens is 194 g/mol. The summed E-state index contributed by atoms with van der Waals surface area (Å²) in [5.74, 6) is 2.68. The van der Waals surface area contributed by atoms with Crippen LogP contribution in [0.1, 0.15) is 47.0 Å². The summed E-state index contributed by atoms with van der Waals surface area (Å²) in [6, 6.07) is 0.697. The van der Waals surface area contributed by atoms with Gasteiger partial charge in [0.1, 0.15) is 0 Å². The Labute approximate surface area is 101 Å². The molecule has 1 saturated carbocycles. The van der Waals surface area contributed by atoms with Crippen molar-refractivity contribution in [1.82, 2.24) is 5.32 Å². The number of hydrogen-bond donors (Lipinski definition) is 1. The molecule has 2 aliphatic rings. The van der Waals surface area contributed by atoms with Crippen LogP contribution in [0.25, 0.3) is 0 Å². The molecule has 4 unspecified atom stereocenters. The highest BCUT2D eigenvalue weighted by atomic mass is 14.9. The molecular formula is C15H27N. The van der Waals surface area contributed by atoms with E-state index in [1.807, 2.05) is 0 Å². The summed E-state index contributed by atoms with van der Waals surface area (Å²) in [5, 5.41) is 3.73. The van der Waals surface area contributed by atoms with E-state index in [-0.39, 0.29) is 0 Å². The van der Waals surface area contributed by atoms with Gasteiger partial charge in [0.15, 0.2) is 0 Å². The molecule has 0 aliphatic heterocycles.